The van der Waals surface area contributed by atoms with Gasteiger partial charge in [-0.2, -0.15) is 0 Å². The van der Waals surface area contributed by atoms with Crippen LogP contribution in [-0.2, 0) is 0 Å². The molecule has 0 saturated carbocycles. The van der Waals surface area contributed by atoms with E-state index in [1.807, 2.05) is 0 Å². The van der Waals surface area contributed by atoms with Crippen molar-refractivity contribution in [2.75, 3.05) is 6.54 Å². The third kappa shape index (κ3) is 4.06. The topological polar surface area (TPSA) is 129 Å². The molecule has 9 nitrogen and oxygen atoms in total. The molecule has 0 saturated heterocycles. The minimum absolute atomic E-state index is 0. The van der Waals surface area contributed by atoms with Crippen LogP contribution in [0.5, 0.6) is 0 Å². The van der Waals surface area contributed by atoms with E-state index in [0.29, 0.717) is 11.4 Å². The Labute approximate surface area is 144 Å². The molecule has 0 aliphatic heterocycles. The van der Waals surface area contributed by atoms with E-state index in [-0.39, 0.29) is 30.3 Å². The van der Waals surface area contributed by atoms with E-state index >= 15 is 0 Å². The molecule has 0 aliphatic rings. The number of aromatic nitrogens is 3. The summed E-state index contributed by atoms with van der Waals surface area (Å²) in [5, 5.41) is 21.4. The van der Waals surface area contributed by atoms with Crippen molar-refractivity contribution in [2.45, 2.75) is 26.3 Å². The quantitative estimate of drug-likeness (QED) is 0.616. The maximum Gasteiger partial charge on any atom is 0.274 e. The van der Waals surface area contributed by atoms with E-state index in [1.165, 1.54) is 16.8 Å². The summed E-state index contributed by atoms with van der Waals surface area (Å²) in [4.78, 5) is 22.6. The number of non-ortho nitro benzene ring substituents is 1. The highest BCUT2D eigenvalue weighted by molar-refractivity contribution is 5.93. The van der Waals surface area contributed by atoms with Gasteiger partial charge in [0.2, 0.25) is 0 Å². The fourth-order valence-electron chi connectivity index (χ4n) is 1.94. The van der Waals surface area contributed by atoms with Crippen molar-refractivity contribution in [3.8, 4) is 5.69 Å². The van der Waals surface area contributed by atoms with Crippen LogP contribution in [0.15, 0.2) is 24.3 Å². The van der Waals surface area contributed by atoms with Gasteiger partial charge in [0, 0.05) is 24.2 Å². The first-order chi connectivity index (χ1) is 10.7. The van der Waals surface area contributed by atoms with Crippen LogP contribution in [0, 0.1) is 17.0 Å². The molecule has 0 fully saturated rings. The Bertz CT molecular complexity index is 759. The lowest BCUT2D eigenvalue weighted by atomic mass is 10.1. The molecule has 1 aromatic carbocycles. The zero-order chi connectivity index (χ0) is 17.2. The second-order valence-corrected chi connectivity index (χ2v) is 5.75. The Kier molecular flexibility index (Phi) is 5.99. The van der Waals surface area contributed by atoms with Crippen molar-refractivity contribution in [2.24, 2.45) is 5.73 Å². The Balaban J connectivity index is 0.00000288. The molecule has 130 valence electrons. The van der Waals surface area contributed by atoms with E-state index < -0.39 is 16.4 Å². The summed E-state index contributed by atoms with van der Waals surface area (Å²) in [5.41, 5.74) is 6.05. The van der Waals surface area contributed by atoms with Crippen molar-refractivity contribution >= 4 is 24.0 Å². The number of hydrogen-bond donors (Lipinski definition) is 2. The summed E-state index contributed by atoms with van der Waals surface area (Å²) in [6, 6.07) is 5.95. The summed E-state index contributed by atoms with van der Waals surface area (Å²) >= 11 is 0. The first kappa shape index (κ1) is 19.5. The number of nitrogens with one attached hydrogen (secondary N) is 1. The number of carbonyl (C=O) groups excluding carboxylic acids is 1. The van der Waals surface area contributed by atoms with Gasteiger partial charge in [0.05, 0.1) is 16.3 Å². The maximum absolute atomic E-state index is 12.3. The number of benzene rings is 1. The van der Waals surface area contributed by atoms with Gasteiger partial charge in [0.1, 0.15) is 0 Å². The average Bonchev–Trinajstić information content (AvgIpc) is 2.88. The van der Waals surface area contributed by atoms with Crippen molar-refractivity contribution in [1.82, 2.24) is 20.3 Å². The second kappa shape index (κ2) is 7.37. The highest BCUT2D eigenvalue weighted by Gasteiger charge is 2.24. The van der Waals surface area contributed by atoms with Crippen LogP contribution in [0.2, 0.25) is 0 Å². The van der Waals surface area contributed by atoms with Crippen LogP contribution in [0.25, 0.3) is 5.69 Å². The molecule has 10 heteroatoms. The van der Waals surface area contributed by atoms with Gasteiger partial charge in [-0.15, -0.1) is 17.5 Å². The van der Waals surface area contributed by atoms with Gasteiger partial charge in [-0.1, -0.05) is 11.3 Å². The van der Waals surface area contributed by atoms with Crippen molar-refractivity contribution in [1.29, 1.82) is 0 Å². The fourth-order valence-corrected chi connectivity index (χ4v) is 1.94. The maximum atomic E-state index is 12.3. The lowest BCUT2D eigenvalue weighted by Gasteiger charge is -2.23. The van der Waals surface area contributed by atoms with Gasteiger partial charge in [0.25, 0.3) is 11.6 Å². The Morgan fingerprint density at radius 2 is 2.12 bits per heavy atom. The van der Waals surface area contributed by atoms with Crippen LogP contribution < -0.4 is 11.1 Å². The molecular formula is C14H19ClN6O3. The number of rotatable bonds is 5. The largest absolute Gasteiger partial charge is 0.344 e. The molecular weight excluding hydrogens is 336 g/mol. The lowest BCUT2D eigenvalue weighted by Crippen LogP contribution is -2.49. The molecule has 1 heterocycles. The molecule has 0 bridgehead atoms. The molecule has 0 atom stereocenters. The minimum Gasteiger partial charge on any atom is -0.344 e. The molecule has 3 N–H and O–H groups in total. The van der Waals surface area contributed by atoms with Crippen LogP contribution in [0.3, 0.4) is 0 Å². The van der Waals surface area contributed by atoms with Gasteiger partial charge in [-0.05, 0) is 26.8 Å². The number of halogens is 1. The van der Waals surface area contributed by atoms with Gasteiger partial charge in [-0.25, -0.2) is 4.68 Å². The zero-order valence-corrected chi connectivity index (χ0v) is 14.3. The third-order valence-corrected chi connectivity index (χ3v) is 3.36. The first-order valence-corrected chi connectivity index (χ1v) is 6.95. The number of carbonyl (C=O) groups is 1. The number of hydrogen-bond acceptors (Lipinski definition) is 6. The number of nitro groups is 1. The van der Waals surface area contributed by atoms with Crippen molar-refractivity contribution in [3.05, 3.63) is 45.8 Å². The van der Waals surface area contributed by atoms with Crippen LogP contribution in [0.1, 0.15) is 30.0 Å². The van der Waals surface area contributed by atoms with Crippen molar-refractivity contribution in [3.63, 3.8) is 0 Å². The molecule has 2 rings (SSSR count). The number of nitro benzene ring substituents is 1. The van der Waals surface area contributed by atoms with Crippen LogP contribution >= 0.6 is 12.4 Å². The third-order valence-electron chi connectivity index (χ3n) is 3.36. The molecule has 2 aromatic rings. The summed E-state index contributed by atoms with van der Waals surface area (Å²) in [6.07, 6.45) is 0. The summed E-state index contributed by atoms with van der Waals surface area (Å²) < 4.78 is 1.39. The van der Waals surface area contributed by atoms with Gasteiger partial charge >= 0.3 is 0 Å². The Morgan fingerprint density at radius 3 is 2.71 bits per heavy atom. The lowest BCUT2D eigenvalue weighted by molar-refractivity contribution is -0.384. The highest BCUT2D eigenvalue weighted by atomic mass is 35.5. The summed E-state index contributed by atoms with van der Waals surface area (Å²) in [5.74, 6) is -0.394. The van der Waals surface area contributed by atoms with Crippen LogP contribution in [0.4, 0.5) is 5.69 Å². The standard InChI is InChI=1S/C14H18N6O3.ClH/c1-9-12(13(21)16-14(2,3)8-15)17-18-19(9)10-5-4-6-11(7-10)20(22)23;/h4-7H,8,15H2,1-3H3,(H,16,21);1H. The van der Waals surface area contributed by atoms with E-state index in [9.17, 15) is 14.9 Å². The predicted octanol–water partition coefficient (Wildman–Crippen LogP) is 1.37. The molecule has 1 aromatic heterocycles. The van der Waals surface area contributed by atoms with E-state index in [2.05, 4.69) is 15.6 Å². The minimum atomic E-state index is -0.571. The first-order valence-electron chi connectivity index (χ1n) is 6.95. The zero-order valence-electron chi connectivity index (χ0n) is 13.5. The number of nitrogens with two attached hydrogens (primary N) is 1. The molecule has 0 spiro atoms. The summed E-state index contributed by atoms with van der Waals surface area (Å²) in [7, 11) is 0. The van der Waals surface area contributed by atoms with Gasteiger partial charge in [0.15, 0.2) is 5.69 Å². The van der Waals surface area contributed by atoms with Gasteiger partial charge in [-0.3, -0.25) is 14.9 Å². The van der Waals surface area contributed by atoms with E-state index in [0.717, 1.165) is 0 Å². The second-order valence-electron chi connectivity index (χ2n) is 5.75. The summed E-state index contributed by atoms with van der Waals surface area (Å²) in [6.45, 7) is 5.54. The molecule has 0 unspecified atom stereocenters. The van der Waals surface area contributed by atoms with Gasteiger partial charge < -0.3 is 11.1 Å². The smallest absolute Gasteiger partial charge is 0.274 e. The normalized spacial score (nSPS) is 10.8. The Morgan fingerprint density at radius 1 is 1.46 bits per heavy atom. The van der Waals surface area contributed by atoms with Crippen LogP contribution in [-0.4, -0.2) is 37.9 Å². The van der Waals surface area contributed by atoms with E-state index in [1.54, 1.807) is 32.9 Å². The number of amides is 1. The SMILES string of the molecule is Cc1c(C(=O)NC(C)(C)CN)nnn1-c1cccc([N+](=O)[O-])c1.Cl. The molecule has 24 heavy (non-hydrogen) atoms. The highest BCUT2D eigenvalue weighted by Crippen LogP contribution is 2.18. The average molecular weight is 355 g/mol. The molecule has 1 amide bonds. The monoisotopic (exact) mass is 354 g/mol. The predicted molar refractivity (Wildman–Crippen MR) is 90.6 cm³/mol. The molecule has 0 radical (unpaired) electrons. The number of nitrogens with zero attached hydrogens (tertiary/aromatic N) is 4. The van der Waals surface area contributed by atoms with E-state index in [4.69, 9.17) is 5.73 Å². The fraction of sp³-hybridized carbons (Fsp3) is 0.357. The van der Waals surface area contributed by atoms with Crippen molar-refractivity contribution < 1.29 is 9.72 Å². The Hall–Kier alpha value is -2.52. The molecule has 0 aliphatic carbocycles.